The molecular formula is C12H13FN2O2. The van der Waals surface area contributed by atoms with Crippen LogP contribution in [0.5, 0.6) is 0 Å². The molecule has 1 aliphatic rings. The summed E-state index contributed by atoms with van der Waals surface area (Å²) in [5.41, 5.74) is 0.751. The summed E-state index contributed by atoms with van der Waals surface area (Å²) in [6.07, 6.45) is 0.820. The van der Waals surface area contributed by atoms with Gasteiger partial charge < -0.3 is 4.90 Å². The van der Waals surface area contributed by atoms with Crippen molar-refractivity contribution in [1.82, 2.24) is 5.32 Å². The Bertz CT molecular complexity index is 444. The molecule has 1 aliphatic heterocycles. The Hall–Kier alpha value is -1.91. The van der Waals surface area contributed by atoms with Crippen molar-refractivity contribution in [3.8, 4) is 0 Å². The van der Waals surface area contributed by atoms with Gasteiger partial charge >= 0.3 is 0 Å². The molecule has 2 amide bonds. The second kappa shape index (κ2) is 4.53. The second-order valence-corrected chi connectivity index (χ2v) is 4.05. The maximum absolute atomic E-state index is 12.8. The number of carbonyl (C=O) groups is 2. The summed E-state index contributed by atoms with van der Waals surface area (Å²) < 4.78 is 12.8. The van der Waals surface area contributed by atoms with Crippen LogP contribution in [0.3, 0.4) is 0 Å². The number of hydrogen-bond acceptors (Lipinski definition) is 3. The molecule has 17 heavy (non-hydrogen) atoms. The summed E-state index contributed by atoms with van der Waals surface area (Å²) in [5, 5.41) is 2.30. The molecule has 1 saturated heterocycles. The average Bonchev–Trinajstić information content (AvgIpc) is 2.29. The van der Waals surface area contributed by atoms with Gasteiger partial charge in [-0.05, 0) is 30.7 Å². The van der Waals surface area contributed by atoms with Crippen molar-refractivity contribution >= 4 is 17.5 Å². The fourth-order valence-electron chi connectivity index (χ4n) is 1.91. The molecule has 0 radical (unpaired) electrons. The van der Waals surface area contributed by atoms with E-state index in [1.54, 1.807) is 24.1 Å². The van der Waals surface area contributed by atoms with Gasteiger partial charge in [-0.2, -0.15) is 0 Å². The predicted molar refractivity (Wildman–Crippen MR) is 61.0 cm³/mol. The number of carbonyl (C=O) groups excluding carboxylic acids is 2. The summed E-state index contributed by atoms with van der Waals surface area (Å²) in [6, 6.07) is 5.53. The number of hydrogen-bond donors (Lipinski definition) is 1. The highest BCUT2D eigenvalue weighted by molar-refractivity contribution is 6.01. The Morgan fingerprint density at radius 2 is 1.94 bits per heavy atom. The van der Waals surface area contributed by atoms with Gasteiger partial charge in [-0.1, -0.05) is 0 Å². The summed E-state index contributed by atoms with van der Waals surface area (Å²) in [7, 11) is 1.76. The van der Waals surface area contributed by atoms with Gasteiger partial charge in [-0.25, -0.2) is 4.39 Å². The molecule has 0 spiro atoms. The number of nitrogens with zero attached hydrogens (tertiary/aromatic N) is 1. The van der Waals surface area contributed by atoms with Crippen LogP contribution in [0, 0.1) is 5.82 Å². The number of anilines is 1. The molecule has 1 aromatic carbocycles. The van der Waals surface area contributed by atoms with Crippen molar-refractivity contribution in [2.24, 2.45) is 0 Å². The maximum atomic E-state index is 12.8. The zero-order valence-corrected chi connectivity index (χ0v) is 9.44. The van der Waals surface area contributed by atoms with E-state index < -0.39 is 0 Å². The molecule has 0 bridgehead atoms. The van der Waals surface area contributed by atoms with Gasteiger partial charge in [0.05, 0.1) is 0 Å². The summed E-state index contributed by atoms with van der Waals surface area (Å²) in [5.74, 6) is -0.850. The van der Waals surface area contributed by atoms with Crippen LogP contribution >= 0.6 is 0 Å². The van der Waals surface area contributed by atoms with E-state index in [1.165, 1.54) is 12.1 Å². The van der Waals surface area contributed by atoms with Crippen LogP contribution in [-0.2, 0) is 9.59 Å². The largest absolute Gasteiger partial charge is 0.363 e. The summed E-state index contributed by atoms with van der Waals surface area (Å²) in [6.45, 7) is 0. The number of imide groups is 1. The van der Waals surface area contributed by atoms with Crippen LogP contribution in [-0.4, -0.2) is 24.9 Å². The number of rotatable bonds is 2. The third-order valence-electron chi connectivity index (χ3n) is 2.91. The van der Waals surface area contributed by atoms with Crippen LogP contribution in [0.1, 0.15) is 12.8 Å². The van der Waals surface area contributed by atoms with Crippen molar-refractivity contribution in [3.63, 3.8) is 0 Å². The molecule has 1 unspecified atom stereocenters. The predicted octanol–water partition coefficient (Wildman–Crippen LogP) is 1.07. The normalized spacial score (nSPS) is 20.0. The van der Waals surface area contributed by atoms with E-state index in [4.69, 9.17) is 0 Å². The number of amides is 2. The lowest BCUT2D eigenvalue weighted by atomic mass is 10.0. The van der Waals surface area contributed by atoms with Crippen LogP contribution in [0.25, 0.3) is 0 Å². The minimum Gasteiger partial charge on any atom is -0.363 e. The summed E-state index contributed by atoms with van der Waals surface area (Å²) in [4.78, 5) is 24.4. The molecule has 4 nitrogen and oxygen atoms in total. The van der Waals surface area contributed by atoms with Gasteiger partial charge in [0.2, 0.25) is 11.8 Å². The second-order valence-electron chi connectivity index (χ2n) is 4.05. The molecule has 1 N–H and O–H groups in total. The first-order valence-corrected chi connectivity index (χ1v) is 5.40. The van der Waals surface area contributed by atoms with Gasteiger partial charge in [0.1, 0.15) is 11.9 Å². The smallest absolute Gasteiger partial charge is 0.249 e. The topological polar surface area (TPSA) is 49.4 Å². The SMILES string of the molecule is CN(c1ccc(F)cc1)C1CCC(=O)NC1=O. The molecule has 1 atom stereocenters. The minimum absolute atomic E-state index is 0.237. The van der Waals surface area contributed by atoms with E-state index in [1.807, 2.05) is 0 Å². The maximum Gasteiger partial charge on any atom is 0.249 e. The molecule has 0 aromatic heterocycles. The van der Waals surface area contributed by atoms with Crippen LogP contribution in [0.4, 0.5) is 10.1 Å². The van der Waals surface area contributed by atoms with E-state index in [2.05, 4.69) is 5.32 Å². The lowest BCUT2D eigenvalue weighted by Crippen LogP contribution is -2.51. The molecule has 1 fully saturated rings. The van der Waals surface area contributed by atoms with Crippen molar-refractivity contribution in [2.45, 2.75) is 18.9 Å². The zero-order chi connectivity index (χ0) is 12.4. The molecule has 0 saturated carbocycles. The third kappa shape index (κ3) is 2.43. The van der Waals surface area contributed by atoms with E-state index in [0.717, 1.165) is 5.69 Å². The molecule has 0 aliphatic carbocycles. The first-order chi connectivity index (χ1) is 8.08. The van der Waals surface area contributed by atoms with Crippen LogP contribution < -0.4 is 10.2 Å². The first kappa shape index (κ1) is 11.6. The number of nitrogens with one attached hydrogen (secondary N) is 1. The van der Waals surface area contributed by atoms with Gasteiger partial charge in [0.15, 0.2) is 0 Å². The Morgan fingerprint density at radius 1 is 1.29 bits per heavy atom. The lowest BCUT2D eigenvalue weighted by Gasteiger charge is -2.31. The lowest BCUT2D eigenvalue weighted by molar-refractivity contribution is -0.134. The number of piperidine rings is 1. The highest BCUT2D eigenvalue weighted by atomic mass is 19.1. The van der Waals surface area contributed by atoms with Crippen molar-refractivity contribution in [3.05, 3.63) is 30.1 Å². The third-order valence-corrected chi connectivity index (χ3v) is 2.91. The van der Waals surface area contributed by atoms with Crippen LogP contribution in [0.15, 0.2) is 24.3 Å². The fourth-order valence-corrected chi connectivity index (χ4v) is 1.91. The van der Waals surface area contributed by atoms with Gasteiger partial charge in [0.25, 0.3) is 0 Å². The molecule has 1 aromatic rings. The quantitative estimate of drug-likeness (QED) is 0.781. The van der Waals surface area contributed by atoms with Gasteiger partial charge in [0, 0.05) is 19.2 Å². The molecule has 1 heterocycles. The Balaban J connectivity index is 2.14. The Labute approximate surface area is 98.4 Å². The van der Waals surface area contributed by atoms with Gasteiger partial charge in [-0.3, -0.25) is 14.9 Å². The fraction of sp³-hybridized carbons (Fsp3) is 0.333. The van der Waals surface area contributed by atoms with Crippen molar-refractivity contribution in [1.29, 1.82) is 0 Å². The van der Waals surface area contributed by atoms with Gasteiger partial charge in [-0.15, -0.1) is 0 Å². The standard InChI is InChI=1S/C12H13FN2O2/c1-15(9-4-2-8(13)3-5-9)10-6-7-11(16)14-12(10)17/h2-5,10H,6-7H2,1H3,(H,14,16,17). The minimum atomic E-state index is -0.377. The number of halogens is 1. The Morgan fingerprint density at radius 3 is 2.53 bits per heavy atom. The molecular weight excluding hydrogens is 223 g/mol. The van der Waals surface area contributed by atoms with Crippen LogP contribution in [0.2, 0.25) is 0 Å². The monoisotopic (exact) mass is 236 g/mol. The van der Waals surface area contributed by atoms with E-state index in [9.17, 15) is 14.0 Å². The Kier molecular flexibility index (Phi) is 3.08. The molecule has 2 rings (SSSR count). The van der Waals surface area contributed by atoms with E-state index >= 15 is 0 Å². The number of benzene rings is 1. The first-order valence-electron chi connectivity index (χ1n) is 5.40. The number of likely N-dealkylation sites (N-methyl/N-ethyl adjacent to an activating group) is 1. The van der Waals surface area contributed by atoms with E-state index in [0.29, 0.717) is 12.8 Å². The highest BCUT2D eigenvalue weighted by Gasteiger charge is 2.29. The molecule has 90 valence electrons. The van der Waals surface area contributed by atoms with Crippen molar-refractivity contribution in [2.75, 3.05) is 11.9 Å². The zero-order valence-electron chi connectivity index (χ0n) is 9.44. The highest BCUT2D eigenvalue weighted by Crippen LogP contribution is 2.19. The van der Waals surface area contributed by atoms with Crippen molar-refractivity contribution < 1.29 is 14.0 Å². The van der Waals surface area contributed by atoms with E-state index in [-0.39, 0.29) is 23.7 Å². The molecule has 5 heteroatoms. The average molecular weight is 236 g/mol. The summed E-state index contributed by atoms with van der Waals surface area (Å²) >= 11 is 0.